The molecule has 21 heavy (non-hydrogen) atoms. The first-order chi connectivity index (χ1) is 10.3. The van der Waals surface area contributed by atoms with Gasteiger partial charge in [-0.15, -0.1) is 5.10 Å². The summed E-state index contributed by atoms with van der Waals surface area (Å²) in [5.74, 6) is 1.22. The van der Waals surface area contributed by atoms with E-state index in [1.807, 2.05) is 29.1 Å². The summed E-state index contributed by atoms with van der Waals surface area (Å²) < 4.78 is 7.07. The van der Waals surface area contributed by atoms with Gasteiger partial charge in [0.15, 0.2) is 0 Å². The molecule has 2 aromatic heterocycles. The molecule has 1 saturated heterocycles. The Bertz CT molecular complexity index is 575. The van der Waals surface area contributed by atoms with Crippen molar-refractivity contribution >= 4 is 0 Å². The molecule has 1 aliphatic rings. The molecule has 1 fully saturated rings. The Morgan fingerprint density at radius 3 is 3.19 bits per heavy atom. The predicted molar refractivity (Wildman–Crippen MR) is 80.0 cm³/mol. The fourth-order valence-electron chi connectivity index (χ4n) is 2.69. The van der Waals surface area contributed by atoms with Crippen LogP contribution in [-0.2, 0) is 6.54 Å². The zero-order valence-electron chi connectivity index (χ0n) is 12.3. The largest absolute Gasteiger partial charge is 0.481 e. The van der Waals surface area contributed by atoms with Crippen LogP contribution in [0.4, 0.5) is 0 Å². The lowest BCUT2D eigenvalue weighted by Gasteiger charge is -2.13. The van der Waals surface area contributed by atoms with Crippen LogP contribution in [0.15, 0.2) is 24.4 Å². The lowest BCUT2D eigenvalue weighted by atomic mass is 10.0. The predicted octanol–water partition coefficient (Wildman–Crippen LogP) is 1.74. The van der Waals surface area contributed by atoms with E-state index in [-0.39, 0.29) is 0 Å². The van der Waals surface area contributed by atoms with Gasteiger partial charge in [-0.2, -0.15) is 0 Å². The highest BCUT2D eigenvalue weighted by Crippen LogP contribution is 2.18. The molecular formula is C15H21N5O. The molecule has 0 spiro atoms. The Kier molecular flexibility index (Phi) is 4.45. The van der Waals surface area contributed by atoms with Gasteiger partial charge in [0.05, 0.1) is 19.0 Å². The maximum atomic E-state index is 5.14. The average Bonchev–Trinajstić information content (AvgIpc) is 2.83. The smallest absolute Gasteiger partial charge is 0.213 e. The molecular weight excluding hydrogens is 266 g/mol. The number of nitrogens with zero attached hydrogens (tertiary/aromatic N) is 4. The van der Waals surface area contributed by atoms with Gasteiger partial charge in [-0.3, -0.25) is 4.68 Å². The monoisotopic (exact) mass is 287 g/mol. The van der Waals surface area contributed by atoms with Crippen LogP contribution in [0.1, 0.15) is 19.3 Å². The number of hydrogen-bond donors (Lipinski definition) is 1. The zero-order valence-corrected chi connectivity index (χ0v) is 12.3. The summed E-state index contributed by atoms with van der Waals surface area (Å²) in [6, 6.07) is 5.66. The van der Waals surface area contributed by atoms with Crippen LogP contribution in [0.2, 0.25) is 0 Å². The van der Waals surface area contributed by atoms with Crippen LogP contribution in [-0.4, -0.2) is 40.2 Å². The number of ether oxygens (including phenoxy) is 1. The lowest BCUT2D eigenvalue weighted by Crippen LogP contribution is -2.24. The lowest BCUT2D eigenvalue weighted by molar-refractivity contribution is 0.386. The van der Waals surface area contributed by atoms with E-state index in [4.69, 9.17) is 4.74 Å². The average molecular weight is 287 g/mol. The molecule has 0 radical (unpaired) electrons. The first-order valence-electron chi connectivity index (χ1n) is 7.47. The van der Waals surface area contributed by atoms with Gasteiger partial charge in [0.2, 0.25) is 5.88 Å². The Labute approximate surface area is 124 Å². The van der Waals surface area contributed by atoms with Crippen molar-refractivity contribution in [3.8, 4) is 17.3 Å². The highest BCUT2D eigenvalue weighted by molar-refractivity contribution is 5.52. The molecule has 6 heteroatoms. The number of aromatic nitrogens is 4. The van der Waals surface area contributed by atoms with E-state index in [2.05, 4.69) is 20.6 Å². The second kappa shape index (κ2) is 6.67. The van der Waals surface area contributed by atoms with E-state index in [0.29, 0.717) is 11.8 Å². The second-order valence-electron chi connectivity index (χ2n) is 5.46. The molecule has 0 amide bonds. The van der Waals surface area contributed by atoms with Crippen LogP contribution < -0.4 is 10.1 Å². The topological polar surface area (TPSA) is 64.9 Å². The molecule has 1 aliphatic heterocycles. The summed E-state index contributed by atoms with van der Waals surface area (Å²) in [7, 11) is 1.61. The van der Waals surface area contributed by atoms with Gasteiger partial charge >= 0.3 is 0 Å². The van der Waals surface area contributed by atoms with E-state index in [1.54, 1.807) is 7.11 Å². The van der Waals surface area contributed by atoms with Gasteiger partial charge in [-0.25, -0.2) is 4.98 Å². The van der Waals surface area contributed by atoms with Gasteiger partial charge in [0.1, 0.15) is 5.69 Å². The van der Waals surface area contributed by atoms with Crippen molar-refractivity contribution in [3.63, 3.8) is 0 Å². The third-order valence-corrected chi connectivity index (χ3v) is 3.83. The molecule has 2 aromatic rings. The molecule has 0 aromatic carbocycles. The maximum Gasteiger partial charge on any atom is 0.213 e. The number of rotatable bonds is 4. The molecule has 6 nitrogen and oxygen atoms in total. The summed E-state index contributed by atoms with van der Waals surface area (Å²) in [5.41, 5.74) is 1.58. The molecule has 0 bridgehead atoms. The van der Waals surface area contributed by atoms with Gasteiger partial charge in [-0.05, 0) is 37.9 Å². The molecule has 1 N–H and O–H groups in total. The van der Waals surface area contributed by atoms with E-state index >= 15 is 0 Å². The Morgan fingerprint density at radius 2 is 2.29 bits per heavy atom. The van der Waals surface area contributed by atoms with Crippen LogP contribution in [0.5, 0.6) is 5.88 Å². The number of pyridine rings is 1. The van der Waals surface area contributed by atoms with Crippen LogP contribution in [0.25, 0.3) is 11.4 Å². The van der Waals surface area contributed by atoms with E-state index in [9.17, 15) is 0 Å². The molecule has 1 unspecified atom stereocenters. The fourth-order valence-corrected chi connectivity index (χ4v) is 2.69. The van der Waals surface area contributed by atoms with Gasteiger partial charge < -0.3 is 10.1 Å². The molecule has 0 aliphatic carbocycles. The first-order valence-corrected chi connectivity index (χ1v) is 7.47. The minimum absolute atomic E-state index is 0.593. The molecule has 3 heterocycles. The summed E-state index contributed by atoms with van der Waals surface area (Å²) in [6.07, 6.45) is 5.77. The Hall–Kier alpha value is -1.95. The number of nitrogens with one attached hydrogen (secondary N) is 1. The SMILES string of the molecule is COc1cccc(-c2cn(CC3CCCCNC3)nn2)n1. The second-order valence-corrected chi connectivity index (χ2v) is 5.46. The summed E-state index contributed by atoms with van der Waals surface area (Å²) in [6.45, 7) is 3.10. The van der Waals surface area contributed by atoms with Crippen LogP contribution in [0, 0.1) is 5.92 Å². The summed E-state index contributed by atoms with van der Waals surface area (Å²) in [4.78, 5) is 4.39. The molecule has 3 rings (SSSR count). The number of hydrogen-bond acceptors (Lipinski definition) is 5. The standard InChI is InChI=1S/C15H21N5O/c1-21-15-7-4-6-13(17-15)14-11-20(19-18-14)10-12-5-2-3-8-16-9-12/h4,6-7,11-12,16H,2-3,5,8-10H2,1H3. The third kappa shape index (κ3) is 3.58. The highest BCUT2D eigenvalue weighted by Gasteiger charge is 2.14. The van der Waals surface area contributed by atoms with Crippen molar-refractivity contribution in [2.75, 3.05) is 20.2 Å². The van der Waals surface area contributed by atoms with Crippen molar-refractivity contribution in [1.29, 1.82) is 0 Å². The van der Waals surface area contributed by atoms with Crippen molar-refractivity contribution < 1.29 is 4.74 Å². The molecule has 0 saturated carbocycles. The van der Waals surface area contributed by atoms with Crippen LogP contribution >= 0.6 is 0 Å². The van der Waals surface area contributed by atoms with Gasteiger partial charge in [0.25, 0.3) is 0 Å². The Balaban J connectivity index is 1.70. The van der Waals surface area contributed by atoms with Crippen molar-refractivity contribution in [2.24, 2.45) is 5.92 Å². The summed E-state index contributed by atoms with van der Waals surface area (Å²) in [5, 5.41) is 11.9. The minimum Gasteiger partial charge on any atom is -0.481 e. The highest BCUT2D eigenvalue weighted by atomic mass is 16.5. The maximum absolute atomic E-state index is 5.14. The zero-order chi connectivity index (χ0) is 14.5. The van der Waals surface area contributed by atoms with Crippen molar-refractivity contribution in [3.05, 3.63) is 24.4 Å². The van der Waals surface area contributed by atoms with E-state index < -0.39 is 0 Å². The third-order valence-electron chi connectivity index (χ3n) is 3.83. The normalized spacial score (nSPS) is 19.2. The minimum atomic E-state index is 0.593. The van der Waals surface area contributed by atoms with Crippen LogP contribution in [0.3, 0.4) is 0 Å². The van der Waals surface area contributed by atoms with E-state index in [1.165, 1.54) is 19.3 Å². The fraction of sp³-hybridized carbons (Fsp3) is 0.533. The quantitative estimate of drug-likeness (QED) is 0.928. The van der Waals surface area contributed by atoms with Crippen molar-refractivity contribution in [1.82, 2.24) is 25.3 Å². The summed E-state index contributed by atoms with van der Waals surface area (Å²) >= 11 is 0. The van der Waals surface area contributed by atoms with E-state index in [0.717, 1.165) is 31.0 Å². The van der Waals surface area contributed by atoms with Crippen molar-refractivity contribution in [2.45, 2.75) is 25.8 Å². The first kappa shape index (κ1) is 14.0. The van der Waals surface area contributed by atoms with Gasteiger partial charge in [-0.1, -0.05) is 17.7 Å². The Morgan fingerprint density at radius 1 is 1.33 bits per heavy atom. The molecule has 1 atom stereocenters. The molecule has 112 valence electrons. The number of methoxy groups -OCH3 is 1. The van der Waals surface area contributed by atoms with Gasteiger partial charge in [0, 0.05) is 12.6 Å².